The molecule has 0 spiro atoms. The van der Waals surface area contributed by atoms with Crippen molar-refractivity contribution in [3.63, 3.8) is 0 Å². The first kappa shape index (κ1) is 24.5. The van der Waals surface area contributed by atoms with Crippen molar-refractivity contribution in [3.8, 4) is 22.9 Å². The zero-order chi connectivity index (χ0) is 25.1. The highest BCUT2D eigenvalue weighted by Gasteiger charge is 2.28. The molecule has 1 aliphatic rings. The van der Waals surface area contributed by atoms with Gasteiger partial charge in [0.1, 0.15) is 0 Å². The van der Waals surface area contributed by atoms with Crippen LogP contribution in [0.5, 0.6) is 11.6 Å². The molecular weight excluding hydrogens is 497 g/mol. The van der Waals surface area contributed by atoms with Crippen LogP contribution in [0.1, 0.15) is 17.3 Å². The molecule has 1 amide bonds. The van der Waals surface area contributed by atoms with Crippen LogP contribution in [-0.4, -0.2) is 69.8 Å². The molecule has 1 saturated heterocycles. The fourth-order valence-corrected chi connectivity index (χ4v) is 4.24. The monoisotopic (exact) mass is 517 g/mol. The number of hydrogen-bond donors (Lipinski definition) is 1. The second kappa shape index (κ2) is 10.3. The maximum atomic E-state index is 12.2. The Kier molecular flexibility index (Phi) is 7.23. The van der Waals surface area contributed by atoms with E-state index in [1.807, 2.05) is 11.8 Å². The summed E-state index contributed by atoms with van der Waals surface area (Å²) in [5, 5.41) is 10.1. The molecule has 0 bridgehead atoms. The van der Waals surface area contributed by atoms with Gasteiger partial charge in [-0.1, -0.05) is 23.2 Å². The van der Waals surface area contributed by atoms with E-state index in [0.29, 0.717) is 52.6 Å². The second-order valence-corrected chi connectivity index (χ2v) is 8.69. The number of ether oxygens (including phenoxy) is 2. The lowest BCUT2D eigenvalue weighted by Gasteiger charge is -2.38. The van der Waals surface area contributed by atoms with Crippen molar-refractivity contribution in [2.45, 2.75) is 13.0 Å². The molecule has 1 N–H and O–H groups in total. The van der Waals surface area contributed by atoms with Gasteiger partial charge in [-0.15, -0.1) is 0 Å². The van der Waals surface area contributed by atoms with Gasteiger partial charge in [-0.2, -0.15) is 0 Å². The van der Waals surface area contributed by atoms with Crippen LogP contribution in [0.2, 0.25) is 10.0 Å². The predicted octanol–water partition coefficient (Wildman–Crippen LogP) is 4.61. The van der Waals surface area contributed by atoms with Crippen LogP contribution in [0.4, 0.5) is 10.7 Å². The number of methoxy groups -OCH3 is 1. The van der Waals surface area contributed by atoms with Crippen molar-refractivity contribution < 1.29 is 24.2 Å². The van der Waals surface area contributed by atoms with Gasteiger partial charge >= 0.3 is 12.1 Å². The molecule has 3 heterocycles. The summed E-state index contributed by atoms with van der Waals surface area (Å²) in [6.45, 7) is 3.15. The lowest BCUT2D eigenvalue weighted by atomic mass is 10.1. The number of carbonyl (C=O) groups is 2. The van der Waals surface area contributed by atoms with E-state index in [4.69, 9.17) is 32.7 Å². The van der Waals surface area contributed by atoms with Gasteiger partial charge in [-0.25, -0.2) is 24.5 Å². The molecule has 0 aliphatic carbocycles. The average molecular weight is 518 g/mol. The van der Waals surface area contributed by atoms with Crippen LogP contribution in [0.25, 0.3) is 11.3 Å². The number of aromatic nitrogens is 3. The van der Waals surface area contributed by atoms with Crippen LogP contribution in [0.15, 0.2) is 42.7 Å². The zero-order valence-corrected chi connectivity index (χ0v) is 20.3. The van der Waals surface area contributed by atoms with Gasteiger partial charge in [-0.05, 0) is 31.2 Å². The summed E-state index contributed by atoms with van der Waals surface area (Å²) >= 11 is 12.2. The summed E-state index contributed by atoms with van der Waals surface area (Å²) in [5.74, 6) is 0.321. The van der Waals surface area contributed by atoms with E-state index in [1.165, 1.54) is 30.5 Å². The van der Waals surface area contributed by atoms with Gasteiger partial charge in [0.25, 0.3) is 0 Å². The highest BCUT2D eigenvalue weighted by Crippen LogP contribution is 2.30. The van der Waals surface area contributed by atoms with Crippen molar-refractivity contribution in [1.82, 2.24) is 19.9 Å². The summed E-state index contributed by atoms with van der Waals surface area (Å²) in [7, 11) is 1.28. The minimum absolute atomic E-state index is 0.124. The zero-order valence-electron chi connectivity index (χ0n) is 18.8. The number of esters is 1. The Hall–Kier alpha value is -3.63. The van der Waals surface area contributed by atoms with Gasteiger partial charge in [0.15, 0.2) is 5.75 Å². The Labute approximate surface area is 211 Å². The molecule has 0 radical (unpaired) electrons. The fourth-order valence-electron chi connectivity index (χ4n) is 3.71. The maximum Gasteiger partial charge on any atom is 0.407 e. The smallest absolute Gasteiger partial charge is 0.407 e. The van der Waals surface area contributed by atoms with Crippen molar-refractivity contribution in [2.24, 2.45) is 0 Å². The molecule has 2 aromatic heterocycles. The highest BCUT2D eigenvalue weighted by atomic mass is 35.5. The number of anilines is 1. The summed E-state index contributed by atoms with van der Waals surface area (Å²) in [6, 6.07) is 7.74. The molecule has 1 aromatic carbocycles. The number of pyridine rings is 1. The van der Waals surface area contributed by atoms with Crippen LogP contribution in [-0.2, 0) is 4.74 Å². The molecule has 4 rings (SSSR count). The SMILES string of the molecule is COC(=O)c1cc(Oc2cnc(N3CCN(C(=O)O)[C@@H](C)C3)nc2)nc(-c2cc(Cl)cc(Cl)c2)c1. The van der Waals surface area contributed by atoms with E-state index in [0.717, 1.165) is 0 Å². The molecule has 35 heavy (non-hydrogen) atoms. The lowest BCUT2D eigenvalue weighted by molar-refractivity contribution is 0.0600. The number of piperazine rings is 1. The first-order valence-electron chi connectivity index (χ1n) is 10.5. The molecule has 1 aliphatic heterocycles. The Morgan fingerprint density at radius 3 is 2.34 bits per heavy atom. The number of carboxylic acid groups (broad SMARTS) is 1. The van der Waals surface area contributed by atoms with Gasteiger partial charge in [0, 0.05) is 47.4 Å². The molecule has 1 fully saturated rings. The first-order valence-corrected chi connectivity index (χ1v) is 11.3. The van der Waals surface area contributed by atoms with Crippen molar-refractivity contribution in [3.05, 3.63) is 58.3 Å². The van der Waals surface area contributed by atoms with E-state index in [2.05, 4.69) is 15.0 Å². The number of hydrogen-bond acceptors (Lipinski definition) is 8. The third kappa shape index (κ3) is 5.72. The number of nitrogens with zero attached hydrogens (tertiary/aromatic N) is 5. The van der Waals surface area contributed by atoms with Gasteiger partial charge in [-0.3, -0.25) is 0 Å². The quantitative estimate of drug-likeness (QED) is 0.483. The normalized spacial score (nSPS) is 15.6. The molecule has 10 nitrogen and oxygen atoms in total. The van der Waals surface area contributed by atoms with Crippen LogP contribution in [0, 0.1) is 0 Å². The van der Waals surface area contributed by atoms with E-state index in [-0.39, 0.29) is 17.5 Å². The van der Waals surface area contributed by atoms with Crippen molar-refractivity contribution in [2.75, 3.05) is 31.6 Å². The van der Waals surface area contributed by atoms with E-state index < -0.39 is 12.1 Å². The van der Waals surface area contributed by atoms with Crippen LogP contribution < -0.4 is 9.64 Å². The van der Waals surface area contributed by atoms with Crippen LogP contribution >= 0.6 is 23.2 Å². The number of benzene rings is 1. The number of halogens is 2. The molecule has 182 valence electrons. The Bertz CT molecular complexity index is 1240. The maximum absolute atomic E-state index is 12.2. The summed E-state index contributed by atoms with van der Waals surface area (Å²) < 4.78 is 10.7. The number of carbonyl (C=O) groups excluding carboxylic acids is 1. The van der Waals surface area contributed by atoms with Crippen LogP contribution in [0.3, 0.4) is 0 Å². The van der Waals surface area contributed by atoms with Crippen molar-refractivity contribution >= 4 is 41.2 Å². The third-order valence-corrected chi connectivity index (χ3v) is 5.81. The van der Waals surface area contributed by atoms with Crippen molar-refractivity contribution in [1.29, 1.82) is 0 Å². The van der Waals surface area contributed by atoms with E-state index >= 15 is 0 Å². The number of rotatable bonds is 5. The largest absolute Gasteiger partial charge is 0.465 e. The summed E-state index contributed by atoms with van der Waals surface area (Å²) in [4.78, 5) is 40.0. The molecule has 3 aromatic rings. The Morgan fingerprint density at radius 2 is 1.74 bits per heavy atom. The Morgan fingerprint density at radius 1 is 1.06 bits per heavy atom. The standard InChI is InChI=1S/C23H21Cl2N5O5/c1-13-12-29(3-4-30(13)23(32)33)22-26-10-18(11-27-22)35-20-8-15(21(31)34-2)7-19(28-20)14-5-16(24)9-17(25)6-14/h5-11,13H,3-4,12H2,1-2H3,(H,32,33)/t13-/m0/s1. The minimum Gasteiger partial charge on any atom is -0.465 e. The number of amides is 1. The summed E-state index contributed by atoms with van der Waals surface area (Å²) in [6.07, 6.45) is 2.03. The summed E-state index contributed by atoms with van der Waals surface area (Å²) in [5.41, 5.74) is 1.24. The Balaban J connectivity index is 1.56. The van der Waals surface area contributed by atoms with E-state index in [9.17, 15) is 14.7 Å². The molecule has 0 saturated carbocycles. The average Bonchev–Trinajstić information content (AvgIpc) is 2.83. The molecular formula is C23H21Cl2N5O5. The third-order valence-electron chi connectivity index (χ3n) is 5.37. The fraction of sp³-hybridized carbons (Fsp3) is 0.261. The van der Waals surface area contributed by atoms with Gasteiger partial charge in [0.05, 0.1) is 30.8 Å². The lowest BCUT2D eigenvalue weighted by Crippen LogP contribution is -2.54. The van der Waals surface area contributed by atoms with Gasteiger partial charge in [0.2, 0.25) is 11.8 Å². The topological polar surface area (TPSA) is 118 Å². The molecule has 0 unspecified atom stereocenters. The molecule has 12 heteroatoms. The van der Waals surface area contributed by atoms with Gasteiger partial charge < -0.3 is 24.4 Å². The highest BCUT2D eigenvalue weighted by molar-refractivity contribution is 6.35. The van der Waals surface area contributed by atoms with E-state index in [1.54, 1.807) is 24.3 Å². The predicted molar refractivity (Wildman–Crippen MR) is 130 cm³/mol. The minimum atomic E-state index is -0.942. The molecule has 1 atom stereocenters. The second-order valence-electron chi connectivity index (χ2n) is 7.82. The first-order chi connectivity index (χ1) is 16.7.